The Morgan fingerprint density at radius 3 is 2.55 bits per heavy atom. The van der Waals surface area contributed by atoms with Crippen molar-refractivity contribution in [1.82, 2.24) is 24.1 Å². The average Bonchev–Trinajstić information content (AvgIpc) is 3.62. The topological polar surface area (TPSA) is 56.6 Å². The van der Waals surface area contributed by atoms with Crippen LogP contribution in [-0.2, 0) is 12.0 Å². The molecular formula is C28H42F2N6OS. The molecule has 0 radical (unpaired) electrons. The van der Waals surface area contributed by atoms with Crippen LogP contribution in [0.25, 0.3) is 11.0 Å². The van der Waals surface area contributed by atoms with Crippen LogP contribution in [0.15, 0.2) is 18.2 Å². The van der Waals surface area contributed by atoms with Crippen LogP contribution in [-0.4, -0.2) is 70.0 Å². The average molecular weight is 549 g/mol. The summed E-state index contributed by atoms with van der Waals surface area (Å²) in [6, 6.07) is 6.85. The van der Waals surface area contributed by atoms with Crippen LogP contribution in [0.1, 0.15) is 71.5 Å². The Bertz CT molecular complexity index is 1140. The molecule has 2 aromatic rings. The quantitative estimate of drug-likeness (QED) is 0.352. The Balaban J connectivity index is 1.26. The first-order chi connectivity index (χ1) is 18.0. The van der Waals surface area contributed by atoms with Gasteiger partial charge in [-0.1, -0.05) is 20.8 Å². The maximum atomic E-state index is 14.0. The van der Waals surface area contributed by atoms with E-state index in [1.165, 1.54) is 0 Å². The van der Waals surface area contributed by atoms with Crippen molar-refractivity contribution in [2.75, 3.05) is 37.5 Å². The summed E-state index contributed by atoms with van der Waals surface area (Å²) in [4.78, 5) is 19.3. The minimum absolute atomic E-state index is 0.0103. The zero-order valence-electron chi connectivity index (χ0n) is 23.2. The number of nitrogens with zero attached hydrogens (tertiary/aromatic N) is 5. The minimum atomic E-state index is -2.52. The molecule has 1 saturated heterocycles. The molecule has 3 aliphatic rings. The summed E-state index contributed by atoms with van der Waals surface area (Å²) in [5.41, 5.74) is 2.93. The number of urea groups is 1. The van der Waals surface area contributed by atoms with Gasteiger partial charge in [-0.25, -0.2) is 22.9 Å². The van der Waals surface area contributed by atoms with Crippen molar-refractivity contribution in [3.63, 3.8) is 0 Å². The van der Waals surface area contributed by atoms with Gasteiger partial charge in [0.15, 0.2) is 0 Å². The van der Waals surface area contributed by atoms with Gasteiger partial charge in [0.1, 0.15) is 5.82 Å². The number of carbonyl (C=O) groups excluding carboxylic acids is 1. The van der Waals surface area contributed by atoms with E-state index in [1.54, 1.807) is 12.1 Å². The van der Waals surface area contributed by atoms with Crippen LogP contribution in [0.4, 0.5) is 19.3 Å². The van der Waals surface area contributed by atoms with Gasteiger partial charge in [0.25, 0.3) is 0 Å². The molecule has 0 spiro atoms. The molecule has 0 bridgehead atoms. The van der Waals surface area contributed by atoms with E-state index >= 15 is 0 Å². The summed E-state index contributed by atoms with van der Waals surface area (Å²) in [7, 11) is 2.06. The Morgan fingerprint density at radius 2 is 1.87 bits per heavy atom. The maximum absolute atomic E-state index is 14.0. The second-order valence-corrected chi connectivity index (χ2v) is 13.6. The highest BCUT2D eigenvalue weighted by molar-refractivity contribution is 7.98. The standard InChI is InChI=1S/C28H42F2N6OS/c1-27(2,3)25-32-23-18-22(9-10-24(23)36(25)19-20-6-5-12-28(29,30)13-11-20)33(4)38-35-16-14-34(15-17-35)26(37)31-21-7-8-21/h9-10,18,20-21H,5-8,11-17,19H2,1-4H3,(H,31,37). The first-order valence-electron chi connectivity index (χ1n) is 14.1. The third-order valence-electron chi connectivity index (χ3n) is 7.95. The maximum Gasteiger partial charge on any atom is 0.317 e. The van der Waals surface area contributed by atoms with Gasteiger partial charge in [-0.2, -0.15) is 0 Å². The third kappa shape index (κ3) is 6.55. The van der Waals surface area contributed by atoms with Crippen molar-refractivity contribution in [2.45, 2.75) is 89.6 Å². The second kappa shape index (κ2) is 10.8. The fraction of sp³-hybridized carbons (Fsp3) is 0.714. The first-order valence-corrected chi connectivity index (χ1v) is 14.8. The number of carbonyl (C=O) groups is 1. The highest BCUT2D eigenvalue weighted by Gasteiger charge is 2.34. The van der Waals surface area contributed by atoms with Crippen molar-refractivity contribution < 1.29 is 13.6 Å². The number of hydrogen-bond donors (Lipinski definition) is 1. The molecule has 210 valence electrons. The molecule has 1 N–H and O–H groups in total. The Kier molecular flexibility index (Phi) is 7.84. The molecule has 2 aliphatic carbocycles. The van der Waals surface area contributed by atoms with Crippen LogP contribution >= 0.6 is 12.1 Å². The molecule has 5 rings (SSSR count). The number of benzene rings is 1. The smallest absolute Gasteiger partial charge is 0.317 e. The number of piperazine rings is 1. The van der Waals surface area contributed by atoms with Crippen LogP contribution in [0.5, 0.6) is 0 Å². The van der Waals surface area contributed by atoms with E-state index in [4.69, 9.17) is 4.98 Å². The fourth-order valence-electron chi connectivity index (χ4n) is 5.53. The van der Waals surface area contributed by atoms with Crippen LogP contribution < -0.4 is 9.62 Å². The number of fused-ring (bicyclic) bond motifs is 1. The molecule has 2 saturated carbocycles. The van der Waals surface area contributed by atoms with E-state index in [0.717, 1.165) is 74.5 Å². The Hall–Kier alpha value is -2.07. The van der Waals surface area contributed by atoms with Crippen molar-refractivity contribution in [3.8, 4) is 0 Å². The molecule has 1 aromatic carbocycles. The molecular weight excluding hydrogens is 506 g/mol. The van der Waals surface area contributed by atoms with E-state index in [1.807, 2.05) is 4.90 Å². The molecule has 3 fully saturated rings. The van der Waals surface area contributed by atoms with Gasteiger partial charge in [0.05, 0.1) is 16.7 Å². The highest BCUT2D eigenvalue weighted by atomic mass is 32.2. The van der Waals surface area contributed by atoms with Gasteiger partial charge < -0.3 is 19.1 Å². The van der Waals surface area contributed by atoms with Crippen molar-refractivity contribution in [3.05, 3.63) is 24.0 Å². The molecule has 7 nitrogen and oxygen atoms in total. The Labute approximate surface area is 229 Å². The lowest BCUT2D eigenvalue weighted by Gasteiger charge is -2.35. The number of anilines is 1. The zero-order chi connectivity index (χ0) is 27.1. The number of halogens is 2. The number of aromatic nitrogens is 2. The summed E-state index contributed by atoms with van der Waals surface area (Å²) in [5.74, 6) is -1.27. The summed E-state index contributed by atoms with van der Waals surface area (Å²) in [6.07, 6.45) is 4.18. The van der Waals surface area contributed by atoms with E-state index in [-0.39, 0.29) is 30.2 Å². The molecule has 1 unspecified atom stereocenters. The van der Waals surface area contributed by atoms with Gasteiger partial charge in [-0.05, 0) is 56.2 Å². The van der Waals surface area contributed by atoms with E-state index in [2.05, 4.69) is 64.5 Å². The predicted octanol–water partition coefficient (Wildman–Crippen LogP) is 6.04. The van der Waals surface area contributed by atoms with E-state index in [9.17, 15) is 13.6 Å². The van der Waals surface area contributed by atoms with Gasteiger partial charge in [-0.3, -0.25) is 0 Å². The summed E-state index contributed by atoms with van der Waals surface area (Å²) in [5, 5.41) is 3.08. The van der Waals surface area contributed by atoms with Crippen LogP contribution in [0.2, 0.25) is 0 Å². The number of imidazole rings is 1. The number of hydrogen-bond acceptors (Lipinski definition) is 5. The van der Waals surface area contributed by atoms with Crippen LogP contribution in [0.3, 0.4) is 0 Å². The molecule has 1 atom stereocenters. The summed E-state index contributed by atoms with van der Waals surface area (Å²) >= 11 is 1.67. The zero-order valence-corrected chi connectivity index (χ0v) is 24.0. The second-order valence-electron chi connectivity index (χ2n) is 12.3. The predicted molar refractivity (Wildman–Crippen MR) is 151 cm³/mol. The molecule has 1 aliphatic heterocycles. The summed E-state index contributed by atoms with van der Waals surface area (Å²) < 4.78 is 34.7. The van der Waals surface area contributed by atoms with Gasteiger partial charge in [0.2, 0.25) is 5.92 Å². The van der Waals surface area contributed by atoms with E-state index in [0.29, 0.717) is 18.9 Å². The highest BCUT2D eigenvalue weighted by Crippen LogP contribution is 2.37. The normalized spacial score (nSPS) is 22.9. The SMILES string of the molecule is CN(SN1CCN(C(=O)NC2CC2)CC1)c1ccc2c(c1)nc(C(C)(C)C)n2CC1CCCC(F)(F)CC1. The lowest BCUT2D eigenvalue weighted by Crippen LogP contribution is -2.51. The van der Waals surface area contributed by atoms with Gasteiger partial charge >= 0.3 is 6.03 Å². The first kappa shape index (κ1) is 27.5. The largest absolute Gasteiger partial charge is 0.335 e. The molecule has 2 heterocycles. The molecule has 10 heteroatoms. The van der Waals surface area contributed by atoms with Gasteiger partial charge in [-0.15, -0.1) is 0 Å². The van der Waals surface area contributed by atoms with Crippen molar-refractivity contribution >= 4 is 34.9 Å². The summed E-state index contributed by atoms with van der Waals surface area (Å²) in [6.45, 7) is 10.3. The lowest BCUT2D eigenvalue weighted by molar-refractivity contribution is -0.0149. The third-order valence-corrected chi connectivity index (χ3v) is 9.00. The van der Waals surface area contributed by atoms with Gasteiger partial charge in [0, 0.05) is 76.2 Å². The fourth-order valence-corrected chi connectivity index (χ4v) is 6.41. The number of nitrogens with one attached hydrogen (secondary N) is 1. The number of rotatable bonds is 6. The number of amides is 2. The molecule has 38 heavy (non-hydrogen) atoms. The minimum Gasteiger partial charge on any atom is -0.335 e. The Morgan fingerprint density at radius 1 is 1.13 bits per heavy atom. The van der Waals surface area contributed by atoms with Crippen molar-refractivity contribution in [2.24, 2.45) is 5.92 Å². The molecule has 1 aromatic heterocycles. The van der Waals surface area contributed by atoms with Crippen LogP contribution in [0, 0.1) is 5.92 Å². The monoisotopic (exact) mass is 548 g/mol. The van der Waals surface area contributed by atoms with E-state index < -0.39 is 5.92 Å². The van der Waals surface area contributed by atoms with Crippen molar-refractivity contribution in [1.29, 1.82) is 0 Å². The lowest BCUT2D eigenvalue weighted by atomic mass is 9.94. The number of alkyl halides is 2. The molecule has 2 amide bonds.